The number of fused-ring (bicyclic) bond motifs is 1. The molecule has 0 saturated heterocycles. The smallest absolute Gasteiger partial charge is 0.124 e. The second-order valence-electron chi connectivity index (χ2n) is 5.56. The van der Waals surface area contributed by atoms with Crippen LogP contribution >= 0.6 is 11.6 Å². The molecule has 1 aromatic heterocycles. The van der Waals surface area contributed by atoms with Crippen LogP contribution in [-0.4, -0.2) is 9.67 Å². The Balaban J connectivity index is 2.07. The summed E-state index contributed by atoms with van der Waals surface area (Å²) in [4.78, 5) is 0. The molecule has 0 aliphatic rings. The summed E-state index contributed by atoms with van der Waals surface area (Å²) in [6.45, 7) is 0. The van der Waals surface area contributed by atoms with Crippen LogP contribution in [0.5, 0.6) is 5.75 Å². The standard InChI is InChI=1S/C20H13ClFNO/c21-14-3-1-4-16(11-14)23-18-5-2-6-20(24)17(18)12-19(23)13-7-9-15(22)10-8-13/h1-12,24H. The molecular weight excluding hydrogens is 325 g/mol. The molecule has 24 heavy (non-hydrogen) atoms. The lowest BCUT2D eigenvalue weighted by Crippen LogP contribution is -1.96. The van der Waals surface area contributed by atoms with Crippen LogP contribution in [0.1, 0.15) is 0 Å². The molecule has 0 fully saturated rings. The van der Waals surface area contributed by atoms with Gasteiger partial charge in [0.05, 0.1) is 11.2 Å². The zero-order valence-electron chi connectivity index (χ0n) is 12.6. The fourth-order valence-electron chi connectivity index (χ4n) is 2.94. The zero-order valence-corrected chi connectivity index (χ0v) is 13.3. The Labute approximate surface area is 143 Å². The van der Waals surface area contributed by atoms with Crippen LogP contribution < -0.4 is 0 Å². The first-order valence-electron chi connectivity index (χ1n) is 7.49. The highest BCUT2D eigenvalue weighted by molar-refractivity contribution is 6.30. The third kappa shape index (κ3) is 2.43. The first-order chi connectivity index (χ1) is 11.6. The van der Waals surface area contributed by atoms with Crippen molar-refractivity contribution >= 4 is 22.5 Å². The number of hydrogen-bond donors (Lipinski definition) is 1. The van der Waals surface area contributed by atoms with Gasteiger partial charge in [-0.15, -0.1) is 0 Å². The van der Waals surface area contributed by atoms with E-state index in [9.17, 15) is 9.50 Å². The molecule has 0 radical (unpaired) electrons. The van der Waals surface area contributed by atoms with Gasteiger partial charge in [0.1, 0.15) is 11.6 Å². The number of nitrogens with zero attached hydrogens (tertiary/aromatic N) is 1. The van der Waals surface area contributed by atoms with Crippen molar-refractivity contribution in [2.75, 3.05) is 0 Å². The van der Waals surface area contributed by atoms with Crippen molar-refractivity contribution in [2.45, 2.75) is 0 Å². The number of aromatic nitrogens is 1. The number of benzene rings is 3. The monoisotopic (exact) mass is 337 g/mol. The van der Waals surface area contributed by atoms with E-state index >= 15 is 0 Å². The summed E-state index contributed by atoms with van der Waals surface area (Å²) in [7, 11) is 0. The molecule has 118 valence electrons. The third-order valence-corrected chi connectivity index (χ3v) is 4.26. The number of phenolic OH excluding ortho intramolecular Hbond substituents is 1. The van der Waals surface area contributed by atoms with Crippen molar-refractivity contribution in [2.24, 2.45) is 0 Å². The van der Waals surface area contributed by atoms with E-state index in [-0.39, 0.29) is 11.6 Å². The van der Waals surface area contributed by atoms with Gasteiger partial charge in [0, 0.05) is 16.1 Å². The van der Waals surface area contributed by atoms with Crippen LogP contribution in [0.25, 0.3) is 27.8 Å². The Kier molecular flexibility index (Phi) is 3.51. The van der Waals surface area contributed by atoms with Gasteiger partial charge in [0.2, 0.25) is 0 Å². The van der Waals surface area contributed by atoms with Gasteiger partial charge in [-0.05, 0) is 66.2 Å². The fourth-order valence-corrected chi connectivity index (χ4v) is 3.13. The predicted octanol–water partition coefficient (Wildman–Crippen LogP) is 5.80. The normalized spacial score (nSPS) is 11.1. The second-order valence-corrected chi connectivity index (χ2v) is 6.00. The van der Waals surface area contributed by atoms with E-state index in [0.717, 1.165) is 27.8 Å². The lowest BCUT2D eigenvalue weighted by molar-refractivity contribution is 0.481. The van der Waals surface area contributed by atoms with Gasteiger partial charge in [-0.1, -0.05) is 23.7 Å². The molecule has 0 unspecified atom stereocenters. The molecule has 1 N–H and O–H groups in total. The number of hydrogen-bond acceptors (Lipinski definition) is 1. The summed E-state index contributed by atoms with van der Waals surface area (Å²) < 4.78 is 15.3. The van der Waals surface area contributed by atoms with Crippen LogP contribution in [0.4, 0.5) is 4.39 Å². The first kappa shape index (κ1) is 14.8. The third-order valence-electron chi connectivity index (χ3n) is 4.03. The lowest BCUT2D eigenvalue weighted by Gasteiger charge is -2.12. The van der Waals surface area contributed by atoms with Gasteiger partial charge in [-0.25, -0.2) is 4.39 Å². The Hall–Kier alpha value is -2.78. The second kappa shape index (κ2) is 5.69. The van der Waals surface area contributed by atoms with E-state index in [1.165, 1.54) is 12.1 Å². The van der Waals surface area contributed by atoms with Crippen molar-refractivity contribution in [1.82, 2.24) is 4.57 Å². The van der Waals surface area contributed by atoms with E-state index < -0.39 is 0 Å². The number of halogens is 2. The van der Waals surface area contributed by atoms with Crippen LogP contribution in [0.15, 0.2) is 72.8 Å². The summed E-state index contributed by atoms with van der Waals surface area (Å²) in [6.07, 6.45) is 0. The summed E-state index contributed by atoms with van der Waals surface area (Å²) >= 11 is 6.15. The van der Waals surface area contributed by atoms with Crippen LogP contribution in [-0.2, 0) is 0 Å². The molecule has 0 saturated carbocycles. The van der Waals surface area contributed by atoms with Gasteiger partial charge >= 0.3 is 0 Å². The van der Waals surface area contributed by atoms with Crippen LogP contribution in [0.2, 0.25) is 5.02 Å². The average Bonchev–Trinajstić information content (AvgIpc) is 2.96. The summed E-state index contributed by atoms with van der Waals surface area (Å²) in [5, 5.41) is 11.6. The molecular formula is C20H13ClFNO. The highest BCUT2D eigenvalue weighted by atomic mass is 35.5. The molecule has 0 amide bonds. The molecule has 4 rings (SSSR count). The van der Waals surface area contributed by atoms with Crippen molar-refractivity contribution in [1.29, 1.82) is 0 Å². The maximum Gasteiger partial charge on any atom is 0.124 e. The maximum absolute atomic E-state index is 13.3. The number of aromatic hydroxyl groups is 1. The highest BCUT2D eigenvalue weighted by Crippen LogP contribution is 2.36. The van der Waals surface area contributed by atoms with Gasteiger partial charge in [0.25, 0.3) is 0 Å². The van der Waals surface area contributed by atoms with Gasteiger partial charge in [-0.3, -0.25) is 0 Å². The maximum atomic E-state index is 13.3. The average molecular weight is 338 g/mol. The molecule has 4 heteroatoms. The van der Waals surface area contributed by atoms with Crippen LogP contribution in [0, 0.1) is 5.82 Å². The van der Waals surface area contributed by atoms with E-state index in [1.54, 1.807) is 24.3 Å². The Morgan fingerprint density at radius 3 is 2.38 bits per heavy atom. The van der Waals surface area contributed by atoms with Gasteiger partial charge in [-0.2, -0.15) is 0 Å². The number of rotatable bonds is 2. The minimum absolute atomic E-state index is 0.205. The first-order valence-corrected chi connectivity index (χ1v) is 7.86. The summed E-state index contributed by atoms with van der Waals surface area (Å²) in [6, 6.07) is 21.1. The number of phenols is 1. The van der Waals surface area contributed by atoms with E-state index in [1.807, 2.05) is 41.0 Å². The minimum Gasteiger partial charge on any atom is -0.507 e. The van der Waals surface area contributed by atoms with Crippen molar-refractivity contribution in [3.8, 4) is 22.7 Å². The van der Waals surface area contributed by atoms with E-state index in [4.69, 9.17) is 11.6 Å². The SMILES string of the molecule is Oc1cccc2c1cc(-c1ccc(F)cc1)n2-c1cccc(Cl)c1. The van der Waals surface area contributed by atoms with Crippen molar-refractivity contribution < 1.29 is 9.50 Å². The zero-order chi connectivity index (χ0) is 16.7. The Morgan fingerprint density at radius 2 is 1.62 bits per heavy atom. The quantitative estimate of drug-likeness (QED) is 0.491. The van der Waals surface area contributed by atoms with E-state index in [0.29, 0.717) is 5.02 Å². The highest BCUT2D eigenvalue weighted by Gasteiger charge is 2.14. The molecule has 1 heterocycles. The Morgan fingerprint density at radius 1 is 0.875 bits per heavy atom. The molecule has 4 aromatic rings. The van der Waals surface area contributed by atoms with Crippen LogP contribution in [0.3, 0.4) is 0 Å². The molecule has 0 atom stereocenters. The van der Waals surface area contributed by atoms with Crippen molar-refractivity contribution in [3.05, 3.63) is 83.6 Å². The minimum atomic E-state index is -0.285. The lowest BCUT2D eigenvalue weighted by atomic mass is 10.1. The van der Waals surface area contributed by atoms with E-state index in [2.05, 4.69) is 0 Å². The summed E-state index contributed by atoms with van der Waals surface area (Å²) in [5.74, 6) is -0.0800. The van der Waals surface area contributed by atoms with Crippen molar-refractivity contribution in [3.63, 3.8) is 0 Å². The molecule has 0 aliphatic carbocycles. The molecule has 0 spiro atoms. The predicted molar refractivity (Wildman–Crippen MR) is 95.3 cm³/mol. The molecule has 3 aromatic carbocycles. The summed E-state index contributed by atoms with van der Waals surface area (Å²) in [5.41, 5.74) is 3.44. The van der Waals surface area contributed by atoms with Gasteiger partial charge < -0.3 is 9.67 Å². The largest absolute Gasteiger partial charge is 0.507 e. The molecule has 2 nitrogen and oxygen atoms in total. The Bertz CT molecular complexity index is 1040. The fraction of sp³-hybridized carbons (Fsp3) is 0. The topological polar surface area (TPSA) is 25.2 Å². The van der Waals surface area contributed by atoms with Gasteiger partial charge in [0.15, 0.2) is 0 Å². The molecule has 0 aliphatic heterocycles. The molecule has 0 bridgehead atoms.